The molecule has 0 bridgehead atoms. The van der Waals surface area contributed by atoms with Crippen molar-refractivity contribution in [3.05, 3.63) is 0 Å². The summed E-state index contributed by atoms with van der Waals surface area (Å²) >= 11 is 0. The first kappa shape index (κ1) is 13.5. The maximum absolute atomic E-state index is 11.0. The fourth-order valence-corrected chi connectivity index (χ4v) is 2.41. The molecule has 4 nitrogen and oxygen atoms in total. The molecule has 0 aliphatic heterocycles. The van der Waals surface area contributed by atoms with E-state index in [1.54, 1.807) is 0 Å². The lowest BCUT2D eigenvalue weighted by Crippen LogP contribution is -2.35. The molecule has 16 heavy (non-hydrogen) atoms. The number of nitrogens with one attached hydrogen (secondary N) is 1. The van der Waals surface area contributed by atoms with Crippen molar-refractivity contribution in [2.24, 2.45) is 11.8 Å². The third-order valence-electron chi connectivity index (χ3n) is 3.72. The summed E-state index contributed by atoms with van der Waals surface area (Å²) in [6.45, 7) is 3.35. The minimum Gasteiger partial charge on any atom is -0.303 e. The molecule has 94 valence electrons. The predicted octanol–water partition coefficient (Wildman–Crippen LogP) is 1.27. The van der Waals surface area contributed by atoms with E-state index in [2.05, 4.69) is 24.3 Å². The van der Waals surface area contributed by atoms with E-state index in [1.165, 1.54) is 32.2 Å². The van der Waals surface area contributed by atoms with Crippen LogP contribution in [0.1, 0.15) is 45.4 Å². The average Bonchev–Trinajstić information content (AvgIpc) is 2.77. The first-order valence-corrected chi connectivity index (χ1v) is 6.33. The van der Waals surface area contributed by atoms with Gasteiger partial charge in [0.25, 0.3) is 0 Å². The molecule has 1 amide bonds. The van der Waals surface area contributed by atoms with Gasteiger partial charge in [-0.2, -0.15) is 0 Å². The Labute approximate surface area is 98.5 Å². The first-order valence-electron chi connectivity index (χ1n) is 6.33. The van der Waals surface area contributed by atoms with Crippen molar-refractivity contribution < 1.29 is 4.79 Å². The normalized spacial score (nSPS) is 19.0. The van der Waals surface area contributed by atoms with E-state index in [0.717, 1.165) is 12.3 Å². The number of hydrazine groups is 1. The summed E-state index contributed by atoms with van der Waals surface area (Å²) in [7, 11) is 2.16. The Morgan fingerprint density at radius 3 is 2.69 bits per heavy atom. The molecule has 1 fully saturated rings. The number of hydrogen-bond donors (Lipinski definition) is 2. The molecule has 1 aliphatic carbocycles. The average molecular weight is 227 g/mol. The highest BCUT2D eigenvalue weighted by Gasteiger charge is 2.19. The zero-order valence-corrected chi connectivity index (χ0v) is 10.5. The second kappa shape index (κ2) is 6.86. The van der Waals surface area contributed by atoms with Gasteiger partial charge < -0.3 is 4.90 Å². The molecule has 1 unspecified atom stereocenters. The Balaban J connectivity index is 2.18. The number of carbonyl (C=O) groups excluding carboxylic acids is 1. The third-order valence-corrected chi connectivity index (χ3v) is 3.72. The Morgan fingerprint density at radius 2 is 2.12 bits per heavy atom. The zero-order valence-electron chi connectivity index (χ0n) is 10.5. The number of carbonyl (C=O) groups is 1. The van der Waals surface area contributed by atoms with Crippen LogP contribution in [0.3, 0.4) is 0 Å². The van der Waals surface area contributed by atoms with Gasteiger partial charge in [0, 0.05) is 19.0 Å². The Hall–Kier alpha value is -0.610. The first-order chi connectivity index (χ1) is 7.63. The number of nitrogens with zero attached hydrogens (tertiary/aromatic N) is 1. The number of amides is 1. The van der Waals surface area contributed by atoms with Crippen LogP contribution in [0.25, 0.3) is 0 Å². The van der Waals surface area contributed by atoms with Crippen LogP contribution in [0, 0.1) is 5.92 Å². The summed E-state index contributed by atoms with van der Waals surface area (Å²) in [5.41, 5.74) is 2.17. The van der Waals surface area contributed by atoms with Gasteiger partial charge >= 0.3 is 0 Å². The molecule has 0 aromatic heterocycles. The molecule has 1 aliphatic rings. The van der Waals surface area contributed by atoms with Crippen LogP contribution in [0.5, 0.6) is 0 Å². The maximum atomic E-state index is 11.0. The van der Waals surface area contributed by atoms with Crippen molar-refractivity contribution >= 4 is 5.91 Å². The van der Waals surface area contributed by atoms with Gasteiger partial charge in [-0.1, -0.05) is 12.8 Å². The molecule has 0 spiro atoms. The van der Waals surface area contributed by atoms with Gasteiger partial charge in [-0.15, -0.1) is 0 Å². The molecule has 3 N–H and O–H groups in total. The van der Waals surface area contributed by atoms with E-state index in [0.29, 0.717) is 12.5 Å². The highest BCUT2D eigenvalue weighted by Crippen LogP contribution is 2.25. The number of rotatable bonds is 6. The van der Waals surface area contributed by atoms with Gasteiger partial charge in [0.2, 0.25) is 5.91 Å². The predicted molar refractivity (Wildman–Crippen MR) is 65.6 cm³/mol. The molecule has 4 heteroatoms. The van der Waals surface area contributed by atoms with Crippen molar-refractivity contribution in [1.82, 2.24) is 10.3 Å². The van der Waals surface area contributed by atoms with Gasteiger partial charge in [-0.3, -0.25) is 10.2 Å². The molecule has 0 aromatic rings. The summed E-state index contributed by atoms with van der Waals surface area (Å²) in [4.78, 5) is 13.4. The van der Waals surface area contributed by atoms with Crippen molar-refractivity contribution in [2.45, 2.75) is 51.5 Å². The Morgan fingerprint density at radius 1 is 1.50 bits per heavy atom. The third kappa shape index (κ3) is 4.49. The van der Waals surface area contributed by atoms with E-state index in [4.69, 9.17) is 5.84 Å². The lowest BCUT2D eigenvalue weighted by Gasteiger charge is -2.27. The summed E-state index contributed by atoms with van der Waals surface area (Å²) in [5.74, 6) is 5.86. The summed E-state index contributed by atoms with van der Waals surface area (Å²) in [6.07, 6.45) is 6.94. The number of nitrogens with two attached hydrogens (primary N) is 1. The van der Waals surface area contributed by atoms with Gasteiger partial charge in [-0.05, 0) is 39.2 Å². The largest absolute Gasteiger partial charge is 0.303 e. The van der Waals surface area contributed by atoms with Crippen LogP contribution in [0.15, 0.2) is 0 Å². The van der Waals surface area contributed by atoms with Crippen LogP contribution in [-0.2, 0) is 4.79 Å². The second-order valence-electron chi connectivity index (χ2n) is 5.05. The highest BCUT2D eigenvalue weighted by atomic mass is 16.2. The molecule has 0 radical (unpaired) electrons. The van der Waals surface area contributed by atoms with Crippen LogP contribution in [0.4, 0.5) is 0 Å². The van der Waals surface area contributed by atoms with Crippen LogP contribution >= 0.6 is 0 Å². The zero-order chi connectivity index (χ0) is 12.0. The van der Waals surface area contributed by atoms with E-state index in [-0.39, 0.29) is 5.91 Å². The topological polar surface area (TPSA) is 58.4 Å². The Kier molecular flexibility index (Phi) is 5.77. The highest BCUT2D eigenvalue weighted by molar-refractivity contribution is 5.75. The maximum Gasteiger partial charge on any atom is 0.233 e. The van der Waals surface area contributed by atoms with Gasteiger partial charge in [0.1, 0.15) is 0 Å². The fraction of sp³-hybridized carbons (Fsp3) is 0.917. The van der Waals surface area contributed by atoms with E-state index >= 15 is 0 Å². The molecule has 0 aromatic carbocycles. The SMILES string of the molecule is CC(CCC(=O)NN)N(C)CC1CCCC1. The van der Waals surface area contributed by atoms with Crippen molar-refractivity contribution in [1.29, 1.82) is 0 Å². The lowest BCUT2D eigenvalue weighted by molar-refractivity contribution is -0.121. The number of hydrogen-bond acceptors (Lipinski definition) is 3. The minimum absolute atomic E-state index is 0.0684. The molecule has 1 saturated carbocycles. The fourth-order valence-electron chi connectivity index (χ4n) is 2.41. The monoisotopic (exact) mass is 227 g/mol. The van der Waals surface area contributed by atoms with Crippen LogP contribution < -0.4 is 11.3 Å². The van der Waals surface area contributed by atoms with Crippen molar-refractivity contribution in [2.75, 3.05) is 13.6 Å². The van der Waals surface area contributed by atoms with Crippen LogP contribution in [0.2, 0.25) is 0 Å². The molecule has 0 saturated heterocycles. The smallest absolute Gasteiger partial charge is 0.233 e. The van der Waals surface area contributed by atoms with Gasteiger partial charge in [0.05, 0.1) is 0 Å². The Bertz CT molecular complexity index is 214. The van der Waals surface area contributed by atoms with Crippen molar-refractivity contribution in [3.63, 3.8) is 0 Å². The van der Waals surface area contributed by atoms with E-state index in [1.807, 2.05) is 0 Å². The molecular weight excluding hydrogens is 202 g/mol. The standard InChI is InChI=1S/C12H25N3O/c1-10(7-8-12(16)14-13)15(2)9-11-5-3-4-6-11/h10-11H,3-9,13H2,1-2H3,(H,14,16). The summed E-state index contributed by atoms with van der Waals surface area (Å²) < 4.78 is 0. The van der Waals surface area contributed by atoms with E-state index < -0.39 is 0 Å². The quantitative estimate of drug-likeness (QED) is 0.408. The molecule has 0 heterocycles. The van der Waals surface area contributed by atoms with Crippen molar-refractivity contribution in [3.8, 4) is 0 Å². The lowest BCUT2D eigenvalue weighted by atomic mass is 10.1. The summed E-state index contributed by atoms with van der Waals surface area (Å²) in [5, 5.41) is 0. The van der Waals surface area contributed by atoms with Gasteiger partial charge in [0.15, 0.2) is 0 Å². The second-order valence-corrected chi connectivity index (χ2v) is 5.05. The van der Waals surface area contributed by atoms with E-state index in [9.17, 15) is 4.79 Å². The molecule has 1 atom stereocenters. The minimum atomic E-state index is -0.0684. The van der Waals surface area contributed by atoms with Crippen LogP contribution in [-0.4, -0.2) is 30.4 Å². The van der Waals surface area contributed by atoms with Gasteiger partial charge in [-0.25, -0.2) is 5.84 Å². The summed E-state index contributed by atoms with van der Waals surface area (Å²) in [6, 6.07) is 0.456. The molecule has 1 rings (SSSR count). The molecular formula is C12H25N3O.